The van der Waals surface area contributed by atoms with Crippen LogP contribution in [0.1, 0.15) is 197 Å². The number of benzene rings is 7. The Morgan fingerprint density at radius 1 is 0.263 bits per heavy atom. The Bertz CT molecular complexity index is 3910. The molecule has 0 saturated heterocycles. The van der Waals surface area contributed by atoms with E-state index in [1.165, 1.54) is 12.1 Å². The highest BCUT2D eigenvalue weighted by Gasteiger charge is 2.25. The van der Waals surface area contributed by atoms with Crippen LogP contribution in [0.15, 0.2) is 121 Å². The normalized spacial score (nSPS) is 10.7. The van der Waals surface area contributed by atoms with Crippen molar-refractivity contribution in [3.63, 3.8) is 0 Å². The molecule has 7 aromatic carbocycles. The van der Waals surface area contributed by atoms with Crippen LogP contribution in [0.4, 0.5) is 0 Å². The van der Waals surface area contributed by atoms with Crippen molar-refractivity contribution in [1.29, 1.82) is 0 Å². The third-order valence-electron chi connectivity index (χ3n) is 14.0. The van der Waals surface area contributed by atoms with Crippen LogP contribution in [0.3, 0.4) is 0 Å². The molecule has 0 amide bonds. The quantitative estimate of drug-likeness (QED) is 0.0335. The molecule has 0 saturated carbocycles. The standard InChI is InChI=1S/C17H10O9.C16H14O4.C10H10O4.C9H16O4.2C9H10O2/c18-13(7-1-3-9(14(19)20)11(5-7)16(23)24)8-2-4-10(15(21)22)12(6-8)17(25)26;1-9-3-11(7-13(5-9)15(17)18)12-4-10(2)6-14(8-12)16(19)20;1-5-3-8(10(13)14)6(2)4-7(5)9(11)12;1-3-6(8(10)11)5-7(4-2)9(12)13;1-6-3-7(2)5-8(4-6)9(10)11;1-6-3-4-8(9(10)11)5-7(6)2/h1-6H,(H,19,20)(H,21,22)(H,23,24)(H,25,26);3-8H,1-2H3,(H,17,18)(H,19,20);3-4H,1-2H3,(H,11,12)(H,13,14);6-7H,3-5H2,1-2H3,(H,10,11)(H,12,13);2*3-5H,1-2H3,(H,10,11). The minimum Gasteiger partial charge on any atom is -0.481 e. The van der Waals surface area contributed by atoms with Crippen molar-refractivity contribution >= 4 is 77.4 Å². The Kier molecular flexibility index (Phi) is 29.9. The summed E-state index contributed by atoms with van der Waals surface area (Å²) in [5.74, 6) is -15.5. The van der Waals surface area contributed by atoms with Crippen LogP contribution < -0.4 is 0 Å². The summed E-state index contributed by atoms with van der Waals surface area (Å²) < 4.78 is 0. The van der Waals surface area contributed by atoms with Gasteiger partial charge in [-0.2, -0.15) is 0 Å². The van der Waals surface area contributed by atoms with Gasteiger partial charge in [0.05, 0.1) is 67.5 Å². The largest absolute Gasteiger partial charge is 0.481 e. The van der Waals surface area contributed by atoms with Crippen LogP contribution in [-0.2, 0) is 9.59 Å². The maximum atomic E-state index is 12.5. The topological polar surface area (TPSA) is 465 Å². The number of ketones is 1. The van der Waals surface area contributed by atoms with Crippen molar-refractivity contribution < 1.29 is 124 Å². The van der Waals surface area contributed by atoms with Crippen LogP contribution in [0.5, 0.6) is 0 Å². The molecule has 12 N–H and O–H groups in total. The zero-order chi connectivity index (χ0) is 72.6. The smallest absolute Gasteiger partial charge is 0.336 e. The summed E-state index contributed by atoms with van der Waals surface area (Å²) in [7, 11) is 0. The number of carbonyl (C=O) groups is 13. The van der Waals surface area contributed by atoms with E-state index >= 15 is 0 Å². The summed E-state index contributed by atoms with van der Waals surface area (Å²) in [5.41, 5.74) is 6.85. The SMILES string of the molecule is CCC(CC(CC)C(=O)O)C(=O)O.Cc1cc(C(=O)O)c(C)cc1C(=O)O.Cc1cc(C(=O)O)cc(-c2cc(C)cc(C(=O)O)c2)c1.Cc1cc(C)cc(C(=O)O)c1.Cc1ccc(C(=O)O)cc1C.O=C(c1ccc(C(=O)O)c(C(=O)O)c1)c1ccc(C(=O)O)c(C(=O)O)c1. The number of aliphatic carboxylic acids is 2. The number of carboxylic acids is 12. The Morgan fingerprint density at radius 2 is 0.558 bits per heavy atom. The molecule has 0 heterocycles. The van der Waals surface area contributed by atoms with Crippen molar-refractivity contribution in [3.05, 3.63) is 233 Å². The lowest BCUT2D eigenvalue weighted by molar-refractivity contribution is -0.146. The van der Waals surface area contributed by atoms with Gasteiger partial charge in [-0.25, -0.2) is 47.9 Å². The van der Waals surface area contributed by atoms with Gasteiger partial charge in [0.15, 0.2) is 5.78 Å². The predicted molar refractivity (Wildman–Crippen MR) is 342 cm³/mol. The number of aromatic carboxylic acids is 10. The summed E-state index contributed by atoms with van der Waals surface area (Å²) in [6.07, 6.45) is 1.20. The van der Waals surface area contributed by atoms with E-state index in [1.807, 2.05) is 65.8 Å². The van der Waals surface area contributed by atoms with E-state index in [-0.39, 0.29) is 39.8 Å². The van der Waals surface area contributed by atoms with E-state index in [4.69, 9.17) is 61.3 Å². The molecule has 0 aromatic heterocycles. The van der Waals surface area contributed by atoms with Gasteiger partial charge in [0.1, 0.15) is 0 Å². The van der Waals surface area contributed by atoms with Crippen LogP contribution in [0.2, 0.25) is 0 Å². The number of hydrogen-bond acceptors (Lipinski definition) is 13. The molecule has 2 atom stereocenters. The van der Waals surface area contributed by atoms with Gasteiger partial charge in [-0.3, -0.25) is 14.4 Å². The summed E-state index contributed by atoms with van der Waals surface area (Å²) in [4.78, 5) is 143. The van der Waals surface area contributed by atoms with Gasteiger partial charge in [-0.1, -0.05) is 61.4 Å². The van der Waals surface area contributed by atoms with Crippen molar-refractivity contribution in [1.82, 2.24) is 0 Å². The summed E-state index contributed by atoms with van der Waals surface area (Å²) in [6.45, 7) is 17.9. The number of carboxylic acid groups (broad SMARTS) is 12. The minimum absolute atomic E-state index is 0.146. The fourth-order valence-corrected chi connectivity index (χ4v) is 8.89. The molecule has 500 valence electrons. The lowest BCUT2D eigenvalue weighted by Crippen LogP contribution is -2.21. The summed E-state index contributed by atoms with van der Waals surface area (Å²) in [5, 5.41) is 106. The van der Waals surface area contributed by atoms with Gasteiger partial charge in [-0.15, -0.1) is 0 Å². The molecule has 25 heteroatoms. The first-order chi connectivity index (χ1) is 44.1. The molecule has 0 radical (unpaired) electrons. The van der Waals surface area contributed by atoms with E-state index in [0.29, 0.717) is 46.2 Å². The van der Waals surface area contributed by atoms with Gasteiger partial charge in [0, 0.05) is 11.1 Å². The Morgan fingerprint density at radius 3 is 0.832 bits per heavy atom. The first kappa shape index (κ1) is 78.9. The molecule has 95 heavy (non-hydrogen) atoms. The molecular weight excluding hydrogens is 1240 g/mol. The lowest BCUT2D eigenvalue weighted by atomic mass is 9.91. The zero-order valence-electron chi connectivity index (χ0n) is 53.0. The van der Waals surface area contributed by atoms with Crippen molar-refractivity contribution in [2.45, 2.75) is 88.5 Å². The molecule has 0 spiro atoms. The monoisotopic (exact) mass is 1310 g/mol. The highest BCUT2D eigenvalue weighted by Crippen LogP contribution is 2.26. The fraction of sp³-hybridized carbons (Fsp3) is 0.214. The van der Waals surface area contributed by atoms with Crippen LogP contribution in [-0.4, -0.2) is 139 Å². The third kappa shape index (κ3) is 24.2. The molecule has 0 aliphatic rings. The zero-order valence-corrected chi connectivity index (χ0v) is 53.0. The van der Waals surface area contributed by atoms with Gasteiger partial charge in [0.25, 0.3) is 0 Å². The molecule has 0 fully saturated rings. The van der Waals surface area contributed by atoms with E-state index in [1.54, 1.807) is 76.2 Å². The second-order valence-electron chi connectivity index (χ2n) is 21.4. The first-order valence-electron chi connectivity index (χ1n) is 28.3. The molecule has 0 bridgehead atoms. The van der Waals surface area contributed by atoms with Crippen LogP contribution in [0.25, 0.3) is 11.1 Å². The minimum atomic E-state index is -1.55. The highest BCUT2D eigenvalue weighted by atomic mass is 16.4. The van der Waals surface area contributed by atoms with Crippen LogP contribution in [0, 0.1) is 67.2 Å². The van der Waals surface area contributed by atoms with Crippen LogP contribution >= 0.6 is 0 Å². The molecule has 7 rings (SSSR count). The Hall–Kier alpha value is -12.2. The molecule has 0 aliphatic heterocycles. The van der Waals surface area contributed by atoms with Gasteiger partial charge < -0.3 is 61.3 Å². The predicted octanol–water partition coefficient (Wildman–Crippen LogP) is 12.4. The van der Waals surface area contributed by atoms with E-state index in [0.717, 1.165) is 69.8 Å². The summed E-state index contributed by atoms with van der Waals surface area (Å²) >= 11 is 0. The second kappa shape index (κ2) is 36.0. The van der Waals surface area contributed by atoms with E-state index in [9.17, 15) is 62.3 Å². The fourth-order valence-electron chi connectivity index (χ4n) is 8.89. The average Bonchev–Trinajstić information content (AvgIpc) is 0.824. The molecule has 0 aliphatic carbocycles. The Balaban J connectivity index is 0.000000401. The molecule has 2 unspecified atom stereocenters. The van der Waals surface area contributed by atoms with Gasteiger partial charge in [-0.05, 0) is 204 Å². The number of carbonyl (C=O) groups excluding carboxylic acids is 1. The van der Waals surface area contributed by atoms with Gasteiger partial charge >= 0.3 is 71.6 Å². The van der Waals surface area contributed by atoms with Crippen molar-refractivity contribution in [2.75, 3.05) is 0 Å². The van der Waals surface area contributed by atoms with Crippen molar-refractivity contribution in [3.8, 4) is 11.1 Å². The van der Waals surface area contributed by atoms with Crippen molar-refractivity contribution in [2.24, 2.45) is 11.8 Å². The maximum absolute atomic E-state index is 12.5. The molecular formula is C70H70O25. The second-order valence-corrected chi connectivity index (χ2v) is 21.4. The average molecular weight is 1310 g/mol. The third-order valence-corrected chi connectivity index (χ3v) is 14.0. The first-order valence-corrected chi connectivity index (χ1v) is 28.3. The molecule has 7 aromatic rings. The number of rotatable bonds is 19. The highest BCUT2D eigenvalue weighted by molar-refractivity contribution is 6.13. The van der Waals surface area contributed by atoms with E-state index < -0.39 is 112 Å². The van der Waals surface area contributed by atoms with E-state index in [2.05, 4.69) is 0 Å². The number of aryl methyl sites for hydroxylation is 8. The lowest BCUT2D eigenvalue weighted by Gasteiger charge is -2.14. The van der Waals surface area contributed by atoms with Gasteiger partial charge in [0.2, 0.25) is 0 Å². The molecule has 25 nitrogen and oxygen atoms in total. The maximum Gasteiger partial charge on any atom is 0.336 e. The number of hydrogen-bond donors (Lipinski definition) is 12. The summed E-state index contributed by atoms with van der Waals surface area (Å²) in [6, 6.07) is 28.9. The Labute approximate surface area is 543 Å².